The molecule has 0 aliphatic heterocycles. The normalized spacial score (nSPS) is 10.2. The van der Waals surface area contributed by atoms with Gasteiger partial charge in [0.1, 0.15) is 0 Å². The van der Waals surface area contributed by atoms with E-state index < -0.39 is 0 Å². The van der Waals surface area contributed by atoms with Crippen molar-refractivity contribution in [2.75, 3.05) is 5.73 Å². The Labute approximate surface area is 78.5 Å². The summed E-state index contributed by atoms with van der Waals surface area (Å²) in [5, 5.41) is 0.659. The van der Waals surface area contributed by atoms with Gasteiger partial charge in [0.25, 0.3) is 0 Å². The quantitative estimate of drug-likeness (QED) is 0.700. The van der Waals surface area contributed by atoms with Gasteiger partial charge in [-0.05, 0) is 30.0 Å². The topological polar surface area (TPSA) is 26.0 Å². The largest absolute Gasteiger partial charge is 0.398 e. The highest BCUT2D eigenvalue weighted by molar-refractivity contribution is 6.31. The van der Waals surface area contributed by atoms with Crippen LogP contribution in [0.2, 0.25) is 5.02 Å². The van der Waals surface area contributed by atoms with E-state index in [0.717, 1.165) is 29.7 Å². The maximum atomic E-state index is 5.92. The van der Waals surface area contributed by atoms with Crippen LogP contribution in [0.15, 0.2) is 6.07 Å². The fraction of sp³-hybridized carbons (Fsp3) is 0.400. The van der Waals surface area contributed by atoms with Crippen molar-refractivity contribution in [2.24, 2.45) is 0 Å². The highest BCUT2D eigenvalue weighted by atomic mass is 35.5. The van der Waals surface area contributed by atoms with Gasteiger partial charge in [0.2, 0.25) is 0 Å². The van der Waals surface area contributed by atoms with Crippen LogP contribution >= 0.6 is 11.6 Å². The summed E-state index contributed by atoms with van der Waals surface area (Å²) in [4.78, 5) is 0. The van der Waals surface area contributed by atoms with Crippen molar-refractivity contribution >= 4 is 17.3 Å². The highest BCUT2D eigenvalue weighted by Gasteiger charge is 2.06. The Morgan fingerprint density at radius 1 is 1.42 bits per heavy atom. The number of benzene rings is 1. The summed E-state index contributed by atoms with van der Waals surface area (Å²) in [5.74, 6) is 0. The van der Waals surface area contributed by atoms with Crippen molar-refractivity contribution in [3.05, 3.63) is 28.3 Å². The molecule has 0 bridgehead atoms. The van der Waals surface area contributed by atoms with Crippen LogP contribution in [0.25, 0.3) is 0 Å². The van der Waals surface area contributed by atoms with E-state index in [4.69, 9.17) is 17.3 Å². The molecule has 0 aromatic heterocycles. The van der Waals surface area contributed by atoms with Crippen LogP contribution in [0.4, 0.5) is 5.69 Å². The van der Waals surface area contributed by atoms with Crippen molar-refractivity contribution in [1.29, 1.82) is 0 Å². The van der Waals surface area contributed by atoms with Crippen molar-refractivity contribution in [2.45, 2.75) is 26.7 Å². The van der Waals surface area contributed by atoms with E-state index in [1.165, 1.54) is 0 Å². The highest BCUT2D eigenvalue weighted by Crippen LogP contribution is 2.25. The first-order valence-electron chi connectivity index (χ1n) is 4.18. The van der Waals surface area contributed by atoms with Gasteiger partial charge in [-0.2, -0.15) is 0 Å². The molecule has 0 unspecified atom stereocenters. The Balaban J connectivity index is 3.24. The Hall–Kier alpha value is -0.690. The maximum absolute atomic E-state index is 5.92. The number of aryl methyl sites for hydroxylation is 1. The van der Waals surface area contributed by atoms with Crippen molar-refractivity contribution in [1.82, 2.24) is 0 Å². The van der Waals surface area contributed by atoms with Gasteiger partial charge in [0, 0.05) is 11.8 Å². The van der Waals surface area contributed by atoms with Crippen LogP contribution in [0.5, 0.6) is 0 Å². The third-order valence-corrected chi connectivity index (χ3v) is 2.38. The number of nitrogen functional groups attached to an aromatic ring is 1. The summed E-state index contributed by atoms with van der Waals surface area (Å²) >= 11 is 5.92. The molecule has 0 heterocycles. The summed E-state index contributed by atoms with van der Waals surface area (Å²) in [6.45, 7) is 4.12. The Kier molecular flexibility index (Phi) is 2.99. The second kappa shape index (κ2) is 3.81. The first kappa shape index (κ1) is 9.40. The van der Waals surface area contributed by atoms with Crippen LogP contribution < -0.4 is 5.73 Å². The zero-order chi connectivity index (χ0) is 9.14. The van der Waals surface area contributed by atoms with E-state index in [9.17, 15) is 0 Å². The molecule has 0 amide bonds. The number of halogens is 1. The zero-order valence-corrected chi connectivity index (χ0v) is 8.20. The summed E-state index contributed by atoms with van der Waals surface area (Å²) in [7, 11) is 0. The molecule has 1 nitrogen and oxygen atoms in total. The molecule has 0 saturated carbocycles. The molecule has 65 valence electrons. The SMILES string of the molecule is CCc1c[c]c(Cl)c(CC)c1N. The molecule has 0 spiro atoms. The number of anilines is 1. The molecule has 0 aliphatic carbocycles. The van der Waals surface area contributed by atoms with E-state index in [1.807, 2.05) is 13.0 Å². The number of hydrogen-bond donors (Lipinski definition) is 1. The fourth-order valence-corrected chi connectivity index (χ4v) is 1.56. The lowest BCUT2D eigenvalue weighted by Crippen LogP contribution is -1.99. The molecule has 1 rings (SSSR count). The van der Waals surface area contributed by atoms with Crippen molar-refractivity contribution in [3.63, 3.8) is 0 Å². The molecular formula is C10H13ClN. The average molecular weight is 183 g/mol. The second-order valence-electron chi connectivity index (χ2n) is 2.73. The van der Waals surface area contributed by atoms with Gasteiger partial charge in [-0.25, -0.2) is 0 Å². The first-order chi connectivity index (χ1) is 5.70. The van der Waals surface area contributed by atoms with E-state index >= 15 is 0 Å². The second-order valence-corrected chi connectivity index (χ2v) is 3.11. The lowest BCUT2D eigenvalue weighted by atomic mass is 10.0. The van der Waals surface area contributed by atoms with Crippen LogP contribution in [-0.4, -0.2) is 0 Å². The summed E-state index contributed by atoms with van der Waals surface area (Å²) < 4.78 is 0. The molecule has 12 heavy (non-hydrogen) atoms. The van der Waals surface area contributed by atoms with Crippen molar-refractivity contribution < 1.29 is 0 Å². The van der Waals surface area contributed by atoms with Gasteiger partial charge in [0.05, 0.1) is 5.02 Å². The van der Waals surface area contributed by atoms with E-state index in [-0.39, 0.29) is 0 Å². The minimum absolute atomic E-state index is 0.659. The van der Waals surface area contributed by atoms with Crippen LogP contribution in [0.1, 0.15) is 25.0 Å². The summed E-state index contributed by atoms with van der Waals surface area (Å²) in [5.41, 5.74) is 8.90. The Bertz CT molecular complexity index is 281. The van der Waals surface area contributed by atoms with Gasteiger partial charge in [-0.15, -0.1) is 0 Å². The molecule has 1 radical (unpaired) electrons. The lowest BCUT2D eigenvalue weighted by Gasteiger charge is -2.09. The van der Waals surface area contributed by atoms with E-state index in [2.05, 4.69) is 13.0 Å². The molecule has 0 atom stereocenters. The zero-order valence-electron chi connectivity index (χ0n) is 7.45. The number of nitrogens with two attached hydrogens (primary N) is 1. The third kappa shape index (κ3) is 1.56. The molecule has 2 heteroatoms. The predicted octanol–water partition coefficient (Wildman–Crippen LogP) is 2.85. The van der Waals surface area contributed by atoms with Crippen molar-refractivity contribution in [3.8, 4) is 0 Å². The Morgan fingerprint density at radius 3 is 2.58 bits per heavy atom. The monoisotopic (exact) mass is 182 g/mol. The smallest absolute Gasteiger partial charge is 0.0537 e. The molecule has 0 saturated heterocycles. The van der Waals surface area contributed by atoms with E-state index in [0.29, 0.717) is 5.02 Å². The maximum Gasteiger partial charge on any atom is 0.0537 e. The summed E-state index contributed by atoms with van der Waals surface area (Å²) in [6, 6.07) is 4.87. The molecule has 1 aromatic carbocycles. The Morgan fingerprint density at radius 2 is 2.08 bits per heavy atom. The summed E-state index contributed by atoms with van der Waals surface area (Å²) in [6.07, 6.45) is 1.81. The van der Waals surface area contributed by atoms with Gasteiger partial charge in [-0.1, -0.05) is 25.4 Å². The average Bonchev–Trinajstić information content (AvgIpc) is 2.06. The van der Waals surface area contributed by atoms with Gasteiger partial charge in [-0.3, -0.25) is 0 Å². The molecule has 1 aromatic rings. The van der Waals surface area contributed by atoms with Crippen LogP contribution in [-0.2, 0) is 12.8 Å². The lowest BCUT2D eigenvalue weighted by molar-refractivity contribution is 1.09. The third-order valence-electron chi connectivity index (χ3n) is 2.04. The van der Waals surface area contributed by atoms with Crippen LogP contribution in [0, 0.1) is 6.07 Å². The van der Waals surface area contributed by atoms with Crippen LogP contribution in [0.3, 0.4) is 0 Å². The number of hydrogen-bond acceptors (Lipinski definition) is 1. The van der Waals surface area contributed by atoms with E-state index in [1.54, 1.807) is 0 Å². The minimum Gasteiger partial charge on any atom is -0.398 e. The molecule has 0 aliphatic rings. The standard InChI is InChI=1S/C10H13ClN/c1-3-7-5-6-9(11)8(4-2)10(7)12/h5H,3-4,12H2,1-2H3. The van der Waals surface area contributed by atoms with Gasteiger partial charge >= 0.3 is 0 Å². The minimum atomic E-state index is 0.659. The first-order valence-corrected chi connectivity index (χ1v) is 4.55. The number of rotatable bonds is 2. The fourth-order valence-electron chi connectivity index (χ4n) is 1.27. The molecule has 2 N–H and O–H groups in total. The molecule has 0 fully saturated rings. The molecular weight excluding hydrogens is 170 g/mol. The predicted molar refractivity (Wildman–Crippen MR) is 53.5 cm³/mol. The van der Waals surface area contributed by atoms with Gasteiger partial charge < -0.3 is 5.73 Å². The van der Waals surface area contributed by atoms with Gasteiger partial charge in [0.15, 0.2) is 0 Å².